The van der Waals surface area contributed by atoms with Gasteiger partial charge in [0.1, 0.15) is 23.8 Å². The molecule has 12 heteroatoms. The van der Waals surface area contributed by atoms with E-state index in [2.05, 4.69) is 15.8 Å². The van der Waals surface area contributed by atoms with Crippen molar-refractivity contribution in [3.05, 3.63) is 59.4 Å². The molecule has 1 saturated carbocycles. The molecule has 3 aromatic rings. The smallest absolute Gasteiger partial charge is 0.259 e. The van der Waals surface area contributed by atoms with E-state index >= 15 is 0 Å². The SMILES string of the molecule is N/N=C(\NN)c1cc2occ(C(=O)Nc3ccc(OC4CC(F)(F)C4)c(F)c3)c2cc1F. The van der Waals surface area contributed by atoms with Crippen molar-refractivity contribution in [2.45, 2.75) is 24.9 Å². The Morgan fingerprint density at radius 2 is 1.91 bits per heavy atom. The summed E-state index contributed by atoms with van der Waals surface area (Å²) in [6.45, 7) is 0. The number of hydrogen-bond donors (Lipinski definition) is 4. The first-order valence-corrected chi connectivity index (χ1v) is 9.32. The molecule has 168 valence electrons. The van der Waals surface area contributed by atoms with Gasteiger partial charge in [-0.25, -0.2) is 23.4 Å². The molecule has 0 spiro atoms. The zero-order chi connectivity index (χ0) is 23.0. The maximum absolute atomic E-state index is 14.5. The van der Waals surface area contributed by atoms with Crippen molar-refractivity contribution in [3.8, 4) is 5.75 Å². The summed E-state index contributed by atoms with van der Waals surface area (Å²) in [6.07, 6.45) is -0.604. The Morgan fingerprint density at radius 1 is 1.16 bits per heavy atom. The predicted octanol–water partition coefficient (Wildman–Crippen LogP) is 3.22. The number of halogens is 4. The van der Waals surface area contributed by atoms with Crippen molar-refractivity contribution >= 4 is 28.4 Å². The van der Waals surface area contributed by atoms with Crippen LogP contribution in [0.4, 0.5) is 23.2 Å². The maximum Gasteiger partial charge on any atom is 0.259 e. The third kappa shape index (κ3) is 4.04. The van der Waals surface area contributed by atoms with E-state index < -0.39 is 42.4 Å². The Bertz CT molecular complexity index is 1220. The Morgan fingerprint density at radius 3 is 2.53 bits per heavy atom. The first-order valence-electron chi connectivity index (χ1n) is 9.32. The third-order valence-corrected chi connectivity index (χ3v) is 4.96. The maximum atomic E-state index is 14.5. The van der Waals surface area contributed by atoms with E-state index in [4.69, 9.17) is 20.8 Å². The lowest BCUT2D eigenvalue weighted by Gasteiger charge is -2.34. The summed E-state index contributed by atoms with van der Waals surface area (Å²) in [6, 6.07) is 5.89. The fourth-order valence-electron chi connectivity index (χ4n) is 3.33. The highest BCUT2D eigenvalue weighted by Gasteiger charge is 2.47. The van der Waals surface area contributed by atoms with Crippen LogP contribution in [0, 0.1) is 11.6 Å². The molecule has 1 aliphatic rings. The van der Waals surface area contributed by atoms with Gasteiger partial charge in [0.05, 0.1) is 11.1 Å². The molecule has 1 heterocycles. The molecule has 1 amide bonds. The molecule has 0 saturated heterocycles. The summed E-state index contributed by atoms with van der Waals surface area (Å²) >= 11 is 0. The summed E-state index contributed by atoms with van der Waals surface area (Å²) in [5, 5.41) is 5.95. The average Bonchev–Trinajstić information content (AvgIpc) is 3.12. The molecule has 2 aromatic carbocycles. The number of nitrogens with one attached hydrogen (secondary N) is 2. The second-order valence-electron chi connectivity index (χ2n) is 7.20. The quantitative estimate of drug-likeness (QED) is 0.155. The van der Waals surface area contributed by atoms with Gasteiger partial charge < -0.3 is 25.7 Å². The van der Waals surface area contributed by atoms with Crippen LogP contribution in [0.25, 0.3) is 11.0 Å². The van der Waals surface area contributed by atoms with Crippen LogP contribution in [0.5, 0.6) is 5.75 Å². The molecule has 32 heavy (non-hydrogen) atoms. The van der Waals surface area contributed by atoms with Gasteiger partial charge >= 0.3 is 0 Å². The van der Waals surface area contributed by atoms with Gasteiger partial charge in [0.2, 0.25) is 0 Å². The molecule has 8 nitrogen and oxygen atoms in total. The van der Waals surface area contributed by atoms with E-state index in [0.717, 1.165) is 18.4 Å². The Kier molecular flexibility index (Phi) is 5.38. The molecule has 4 rings (SSSR count). The summed E-state index contributed by atoms with van der Waals surface area (Å²) in [4.78, 5) is 12.6. The summed E-state index contributed by atoms with van der Waals surface area (Å²) < 4.78 is 65.1. The molecule has 1 aliphatic carbocycles. The molecule has 1 aromatic heterocycles. The second-order valence-corrected chi connectivity index (χ2v) is 7.20. The van der Waals surface area contributed by atoms with E-state index in [1.54, 1.807) is 0 Å². The predicted molar refractivity (Wildman–Crippen MR) is 107 cm³/mol. The zero-order valence-electron chi connectivity index (χ0n) is 16.3. The van der Waals surface area contributed by atoms with Gasteiger partial charge in [0.25, 0.3) is 11.8 Å². The molecular formula is C20H17F4N5O3. The topological polar surface area (TPSA) is 128 Å². The van der Waals surface area contributed by atoms with Crippen LogP contribution in [0.2, 0.25) is 0 Å². The number of hydrazine groups is 1. The van der Waals surface area contributed by atoms with Crippen LogP contribution in [0.1, 0.15) is 28.8 Å². The molecule has 0 aliphatic heterocycles. The minimum atomic E-state index is -2.79. The Hall–Kier alpha value is -3.80. The van der Waals surface area contributed by atoms with Gasteiger partial charge in [-0.2, -0.15) is 5.10 Å². The fourth-order valence-corrected chi connectivity index (χ4v) is 3.33. The van der Waals surface area contributed by atoms with E-state index in [1.165, 1.54) is 18.2 Å². The number of fused-ring (bicyclic) bond motifs is 1. The van der Waals surface area contributed by atoms with Gasteiger partial charge in [-0.3, -0.25) is 4.79 Å². The molecule has 0 bridgehead atoms. The van der Waals surface area contributed by atoms with Crippen molar-refractivity contribution in [3.63, 3.8) is 0 Å². The van der Waals surface area contributed by atoms with E-state index in [9.17, 15) is 22.4 Å². The van der Waals surface area contributed by atoms with Crippen molar-refractivity contribution in [2.24, 2.45) is 16.8 Å². The van der Waals surface area contributed by atoms with Gasteiger partial charge in [-0.05, 0) is 24.3 Å². The van der Waals surface area contributed by atoms with Gasteiger partial charge in [0, 0.05) is 30.0 Å². The third-order valence-electron chi connectivity index (χ3n) is 4.96. The summed E-state index contributed by atoms with van der Waals surface area (Å²) in [7, 11) is 0. The number of nitrogens with zero attached hydrogens (tertiary/aromatic N) is 1. The number of carbonyl (C=O) groups is 1. The normalized spacial score (nSPS) is 16.0. The minimum Gasteiger partial charge on any atom is -0.487 e. The number of ether oxygens (including phenoxy) is 1. The number of carbonyl (C=O) groups excluding carboxylic acids is 1. The molecule has 6 N–H and O–H groups in total. The summed E-state index contributed by atoms with van der Waals surface area (Å²) in [5.41, 5.74) is 2.32. The number of anilines is 1. The van der Waals surface area contributed by atoms with Crippen LogP contribution in [-0.2, 0) is 0 Å². The zero-order valence-corrected chi connectivity index (χ0v) is 16.3. The summed E-state index contributed by atoms with van der Waals surface area (Å²) in [5.74, 6) is 5.01. The highest BCUT2D eigenvalue weighted by Crippen LogP contribution is 2.40. The second kappa shape index (κ2) is 8.04. The number of nitrogens with two attached hydrogens (primary N) is 2. The Balaban J connectivity index is 1.51. The number of hydrazone groups is 1. The van der Waals surface area contributed by atoms with Crippen molar-refractivity contribution in [1.82, 2.24) is 5.43 Å². The number of benzene rings is 2. The molecule has 0 unspecified atom stereocenters. The van der Waals surface area contributed by atoms with Gasteiger partial charge in [-0.1, -0.05) is 0 Å². The van der Waals surface area contributed by atoms with Crippen LogP contribution < -0.4 is 27.2 Å². The average molecular weight is 451 g/mol. The molecule has 1 fully saturated rings. The van der Waals surface area contributed by atoms with Crippen molar-refractivity contribution in [2.75, 3.05) is 5.32 Å². The lowest BCUT2D eigenvalue weighted by atomic mass is 9.91. The lowest BCUT2D eigenvalue weighted by Crippen LogP contribution is -2.43. The van der Waals surface area contributed by atoms with Crippen LogP contribution in [-0.4, -0.2) is 23.8 Å². The number of furan rings is 1. The van der Waals surface area contributed by atoms with Crippen LogP contribution in [0.3, 0.4) is 0 Å². The van der Waals surface area contributed by atoms with E-state index in [1.807, 2.05) is 0 Å². The largest absolute Gasteiger partial charge is 0.487 e. The van der Waals surface area contributed by atoms with Gasteiger partial charge in [-0.15, -0.1) is 0 Å². The Labute approximate surface area is 178 Å². The molecule has 0 radical (unpaired) electrons. The molecular weight excluding hydrogens is 434 g/mol. The number of alkyl halides is 2. The van der Waals surface area contributed by atoms with Crippen molar-refractivity contribution in [1.29, 1.82) is 0 Å². The lowest BCUT2D eigenvalue weighted by molar-refractivity contribution is -0.135. The molecule has 0 atom stereocenters. The highest BCUT2D eigenvalue weighted by atomic mass is 19.3. The number of amidine groups is 1. The minimum absolute atomic E-state index is 0.00479. The van der Waals surface area contributed by atoms with Gasteiger partial charge in [0.15, 0.2) is 17.4 Å². The number of hydrogen-bond acceptors (Lipinski definition) is 6. The first kappa shape index (κ1) is 21.4. The highest BCUT2D eigenvalue weighted by molar-refractivity contribution is 6.13. The fraction of sp³-hybridized carbons (Fsp3) is 0.200. The standard InChI is InChI=1S/C20H17F4N5O3/c21-14-4-11-13(8-31-17(11)5-12(14)18(28-25)29-26)19(30)27-9-1-2-16(15(22)3-9)32-10-6-20(23,24)7-10/h1-5,8,10H,6-7,25-26H2,(H,27,30)(H,28,29). The monoisotopic (exact) mass is 451 g/mol. The van der Waals surface area contributed by atoms with Crippen LogP contribution >= 0.6 is 0 Å². The van der Waals surface area contributed by atoms with Crippen LogP contribution in [0.15, 0.2) is 46.1 Å². The van der Waals surface area contributed by atoms with E-state index in [-0.39, 0.29) is 39.4 Å². The van der Waals surface area contributed by atoms with E-state index in [0.29, 0.717) is 0 Å². The van der Waals surface area contributed by atoms with Crippen molar-refractivity contribution < 1.29 is 31.5 Å². The number of rotatable bonds is 5. The first-order chi connectivity index (χ1) is 15.2. The number of amides is 1.